The van der Waals surface area contributed by atoms with Gasteiger partial charge in [0.2, 0.25) is 0 Å². The normalized spacial score (nSPS) is 16.7. The van der Waals surface area contributed by atoms with E-state index in [1.54, 1.807) is 7.11 Å². The Balaban J connectivity index is 1.75. The van der Waals surface area contributed by atoms with Crippen molar-refractivity contribution in [3.8, 4) is 5.75 Å². The number of benzene rings is 2. The topological polar surface area (TPSA) is 28.3 Å². The zero-order chi connectivity index (χ0) is 17.4. The second-order valence-corrected chi connectivity index (χ2v) is 6.90. The first-order valence-corrected chi connectivity index (χ1v) is 8.88. The molecule has 0 saturated carbocycles. The van der Waals surface area contributed by atoms with Gasteiger partial charge in [0.05, 0.1) is 13.2 Å². The van der Waals surface area contributed by atoms with Crippen molar-refractivity contribution >= 4 is 22.5 Å². The zero-order valence-electron chi connectivity index (χ0n) is 14.3. The number of fused-ring (bicyclic) bond motifs is 2. The molecule has 1 aliphatic heterocycles. The van der Waals surface area contributed by atoms with Crippen molar-refractivity contribution in [3.05, 3.63) is 77.1 Å². The zero-order valence-corrected chi connectivity index (χ0v) is 15.0. The van der Waals surface area contributed by atoms with E-state index in [0.717, 1.165) is 35.7 Å². The lowest BCUT2D eigenvalue weighted by Gasteiger charge is -2.37. The molecule has 3 aromatic rings. The minimum absolute atomic E-state index is 0.256. The largest absolute Gasteiger partial charge is 0.497 e. The van der Waals surface area contributed by atoms with Crippen LogP contribution in [0, 0.1) is 0 Å². The number of H-pyrrole nitrogens is 1. The van der Waals surface area contributed by atoms with Gasteiger partial charge in [-0.3, -0.25) is 0 Å². The summed E-state index contributed by atoms with van der Waals surface area (Å²) in [6, 6.07) is 12.7. The lowest BCUT2D eigenvalue weighted by molar-refractivity contribution is 0.262. The van der Waals surface area contributed by atoms with Crippen molar-refractivity contribution in [2.45, 2.75) is 18.9 Å². The Labute approximate surface area is 152 Å². The Bertz CT molecular complexity index is 931. The van der Waals surface area contributed by atoms with Gasteiger partial charge in [-0.25, -0.2) is 0 Å². The Morgan fingerprint density at radius 1 is 1.32 bits per heavy atom. The molecule has 25 heavy (non-hydrogen) atoms. The monoisotopic (exact) mass is 352 g/mol. The molecule has 1 atom stereocenters. The molecule has 0 radical (unpaired) electrons. The number of halogens is 1. The highest BCUT2D eigenvalue weighted by atomic mass is 35.5. The van der Waals surface area contributed by atoms with Gasteiger partial charge in [0.15, 0.2) is 0 Å². The third kappa shape index (κ3) is 2.89. The highest BCUT2D eigenvalue weighted by Crippen LogP contribution is 2.36. The van der Waals surface area contributed by atoms with Crippen molar-refractivity contribution in [2.75, 3.05) is 13.7 Å². The molecule has 0 saturated heterocycles. The van der Waals surface area contributed by atoms with Crippen molar-refractivity contribution in [3.63, 3.8) is 0 Å². The molecular formula is C21H21ClN2O. The quantitative estimate of drug-likeness (QED) is 0.706. The van der Waals surface area contributed by atoms with Crippen molar-refractivity contribution < 1.29 is 4.74 Å². The van der Waals surface area contributed by atoms with Crippen LogP contribution in [0.25, 0.3) is 10.9 Å². The Hall–Kier alpha value is -2.39. The van der Waals surface area contributed by atoms with Gasteiger partial charge in [0.25, 0.3) is 0 Å². The van der Waals surface area contributed by atoms with Gasteiger partial charge < -0.3 is 14.6 Å². The first kappa shape index (κ1) is 16.1. The molecule has 128 valence electrons. The van der Waals surface area contributed by atoms with Crippen LogP contribution >= 0.6 is 11.6 Å². The smallest absolute Gasteiger partial charge is 0.119 e. The number of nitrogens with zero attached hydrogens (tertiary/aromatic N) is 1. The summed E-state index contributed by atoms with van der Waals surface area (Å²) in [5, 5.41) is 1.98. The van der Waals surface area contributed by atoms with Crippen molar-refractivity contribution in [2.24, 2.45) is 0 Å². The SMILES string of the molecule is C=CN1CCc2ccc(OC)cc2C1Cc1c[nH]c2cc(Cl)ccc12. The molecule has 1 aromatic heterocycles. The van der Waals surface area contributed by atoms with E-state index >= 15 is 0 Å². The molecule has 0 fully saturated rings. The molecule has 0 bridgehead atoms. The molecule has 4 rings (SSSR count). The van der Waals surface area contributed by atoms with Gasteiger partial charge in [-0.1, -0.05) is 30.3 Å². The molecule has 1 aliphatic rings. The van der Waals surface area contributed by atoms with Gasteiger partial charge in [-0.2, -0.15) is 0 Å². The van der Waals surface area contributed by atoms with Crippen molar-refractivity contribution in [1.29, 1.82) is 0 Å². The summed E-state index contributed by atoms with van der Waals surface area (Å²) in [6.45, 7) is 5.01. The summed E-state index contributed by atoms with van der Waals surface area (Å²) < 4.78 is 5.45. The molecule has 2 heterocycles. The molecule has 4 heteroatoms. The summed E-state index contributed by atoms with van der Waals surface area (Å²) in [6.07, 6.45) is 5.99. The van der Waals surface area contributed by atoms with Gasteiger partial charge in [-0.15, -0.1) is 0 Å². The Morgan fingerprint density at radius 2 is 2.20 bits per heavy atom. The number of aromatic amines is 1. The second kappa shape index (κ2) is 6.49. The van der Waals surface area contributed by atoms with Gasteiger partial charge in [-0.05, 0) is 60.0 Å². The summed E-state index contributed by atoms with van der Waals surface area (Å²) in [7, 11) is 1.72. The number of aromatic nitrogens is 1. The second-order valence-electron chi connectivity index (χ2n) is 6.46. The number of methoxy groups -OCH3 is 1. The van der Waals surface area contributed by atoms with Gasteiger partial charge in [0.1, 0.15) is 5.75 Å². The van der Waals surface area contributed by atoms with Crippen LogP contribution < -0.4 is 4.74 Å². The first-order chi connectivity index (χ1) is 12.2. The lowest BCUT2D eigenvalue weighted by atomic mass is 9.88. The van der Waals surface area contributed by atoms with E-state index in [1.165, 1.54) is 22.1 Å². The number of hydrogen-bond donors (Lipinski definition) is 1. The minimum Gasteiger partial charge on any atom is -0.497 e. The van der Waals surface area contributed by atoms with Gasteiger partial charge in [0, 0.05) is 28.7 Å². The van der Waals surface area contributed by atoms with Crippen LogP contribution in [-0.2, 0) is 12.8 Å². The van der Waals surface area contributed by atoms with Gasteiger partial charge >= 0.3 is 0 Å². The number of rotatable bonds is 4. The highest BCUT2D eigenvalue weighted by Gasteiger charge is 2.26. The van der Waals surface area contributed by atoms with Crippen LogP contribution in [0.1, 0.15) is 22.7 Å². The average Bonchev–Trinajstić information content (AvgIpc) is 3.03. The van der Waals surface area contributed by atoms with Crippen LogP contribution in [0.5, 0.6) is 5.75 Å². The molecule has 0 spiro atoms. The van der Waals surface area contributed by atoms with E-state index in [1.807, 2.05) is 24.4 Å². The van der Waals surface area contributed by atoms with E-state index in [9.17, 15) is 0 Å². The third-order valence-electron chi connectivity index (χ3n) is 5.13. The van der Waals surface area contributed by atoms with Crippen LogP contribution in [0.15, 0.2) is 55.4 Å². The predicted octanol–water partition coefficient (Wildman–Crippen LogP) is 5.12. The summed E-state index contributed by atoms with van der Waals surface area (Å²) in [5.74, 6) is 0.903. The number of ether oxygens (including phenoxy) is 1. The third-order valence-corrected chi connectivity index (χ3v) is 5.36. The summed E-state index contributed by atoms with van der Waals surface area (Å²) >= 11 is 6.11. The standard InChI is InChI=1S/C21H21ClN2O/c1-3-24-9-8-14-4-6-17(25-2)12-19(14)21(24)10-15-13-23-20-11-16(22)5-7-18(15)20/h3-7,11-13,21,23H,1,8-10H2,2H3. The molecular weight excluding hydrogens is 332 g/mol. The van der Waals surface area contributed by atoms with Crippen LogP contribution in [0.3, 0.4) is 0 Å². The lowest BCUT2D eigenvalue weighted by Crippen LogP contribution is -2.32. The maximum atomic E-state index is 6.11. The fraction of sp³-hybridized carbons (Fsp3) is 0.238. The van der Waals surface area contributed by atoms with Crippen molar-refractivity contribution in [1.82, 2.24) is 9.88 Å². The molecule has 3 nitrogen and oxygen atoms in total. The maximum Gasteiger partial charge on any atom is 0.119 e. The molecule has 1 N–H and O–H groups in total. The Morgan fingerprint density at radius 3 is 3.00 bits per heavy atom. The van der Waals surface area contributed by atoms with E-state index in [-0.39, 0.29) is 6.04 Å². The molecule has 0 amide bonds. The fourth-order valence-electron chi connectivity index (χ4n) is 3.80. The predicted molar refractivity (Wildman–Crippen MR) is 103 cm³/mol. The van der Waals surface area contributed by atoms with E-state index < -0.39 is 0 Å². The Kier molecular flexibility index (Phi) is 4.18. The van der Waals surface area contributed by atoms with E-state index in [2.05, 4.69) is 40.9 Å². The molecule has 0 aliphatic carbocycles. The van der Waals surface area contributed by atoms with Crippen LogP contribution in [-0.4, -0.2) is 23.5 Å². The molecule has 2 aromatic carbocycles. The molecule has 1 unspecified atom stereocenters. The maximum absolute atomic E-state index is 6.11. The minimum atomic E-state index is 0.256. The van der Waals surface area contributed by atoms with E-state index in [4.69, 9.17) is 16.3 Å². The fourth-order valence-corrected chi connectivity index (χ4v) is 3.98. The summed E-state index contributed by atoms with van der Waals surface area (Å²) in [4.78, 5) is 5.67. The van der Waals surface area contributed by atoms with E-state index in [0.29, 0.717) is 0 Å². The van der Waals surface area contributed by atoms with Crippen LogP contribution in [0.2, 0.25) is 5.02 Å². The number of hydrogen-bond acceptors (Lipinski definition) is 2. The first-order valence-electron chi connectivity index (χ1n) is 8.50. The highest BCUT2D eigenvalue weighted by molar-refractivity contribution is 6.31. The number of nitrogens with one attached hydrogen (secondary N) is 1. The summed E-state index contributed by atoms with van der Waals surface area (Å²) in [5.41, 5.74) is 5.09. The van der Waals surface area contributed by atoms with Crippen LogP contribution in [0.4, 0.5) is 0 Å². The average molecular weight is 353 g/mol.